The number of aromatic nitrogens is 4. The lowest BCUT2D eigenvalue weighted by Gasteiger charge is -2.01. The highest BCUT2D eigenvalue weighted by Crippen LogP contribution is 2.03. The molecule has 2 rings (SSSR count). The fourth-order valence-corrected chi connectivity index (χ4v) is 1.59. The Kier molecular flexibility index (Phi) is 3.06. The molecule has 0 saturated heterocycles. The molecule has 0 amide bonds. The van der Waals surface area contributed by atoms with Gasteiger partial charge in [-0.25, -0.2) is 4.98 Å². The number of alkyl halides is 1. The molecule has 0 radical (unpaired) electrons. The van der Waals surface area contributed by atoms with E-state index in [2.05, 4.69) is 10.1 Å². The summed E-state index contributed by atoms with van der Waals surface area (Å²) < 4.78 is 3.92. The molecule has 0 bridgehead atoms. The molecule has 0 saturated carbocycles. The number of hydrogen-bond donors (Lipinski definition) is 0. The van der Waals surface area contributed by atoms with Gasteiger partial charge in [-0.2, -0.15) is 5.10 Å². The third-order valence-corrected chi connectivity index (χ3v) is 2.64. The van der Waals surface area contributed by atoms with E-state index in [1.807, 2.05) is 34.9 Å². The van der Waals surface area contributed by atoms with E-state index in [1.165, 1.54) is 0 Å². The normalized spacial score (nSPS) is 10.8. The van der Waals surface area contributed by atoms with Gasteiger partial charge in [-0.1, -0.05) is 0 Å². The van der Waals surface area contributed by atoms with E-state index in [0.29, 0.717) is 5.88 Å². The molecule has 0 aliphatic rings. The summed E-state index contributed by atoms with van der Waals surface area (Å²) in [7, 11) is 2.00. The van der Waals surface area contributed by atoms with Gasteiger partial charge in [0.2, 0.25) is 0 Å². The maximum absolute atomic E-state index is 5.70. The van der Waals surface area contributed by atoms with E-state index >= 15 is 0 Å². The van der Waals surface area contributed by atoms with Crippen molar-refractivity contribution in [2.45, 2.75) is 18.8 Å². The smallest absolute Gasteiger partial charge is 0.110 e. The van der Waals surface area contributed by atoms with Gasteiger partial charge in [-0.15, -0.1) is 11.6 Å². The number of rotatable bonds is 4. The Bertz CT molecular complexity index is 432. The molecule has 15 heavy (non-hydrogen) atoms. The Morgan fingerprint density at radius 3 is 2.93 bits per heavy atom. The van der Waals surface area contributed by atoms with Crippen LogP contribution in [-0.2, 0) is 25.9 Å². The molecule has 4 nitrogen and oxygen atoms in total. The lowest BCUT2D eigenvalue weighted by molar-refractivity contribution is 0.589. The molecule has 0 atom stereocenters. The summed E-state index contributed by atoms with van der Waals surface area (Å²) in [4.78, 5) is 4.25. The Labute approximate surface area is 93.5 Å². The predicted molar refractivity (Wildman–Crippen MR) is 58.7 cm³/mol. The van der Waals surface area contributed by atoms with Crippen LogP contribution in [-0.4, -0.2) is 19.3 Å². The summed E-state index contributed by atoms with van der Waals surface area (Å²) in [6.07, 6.45) is 8.40. The average molecular weight is 225 g/mol. The topological polar surface area (TPSA) is 35.6 Å². The summed E-state index contributed by atoms with van der Waals surface area (Å²) in [6, 6.07) is 0. The van der Waals surface area contributed by atoms with Gasteiger partial charge in [0, 0.05) is 44.2 Å². The predicted octanol–water partition coefficient (Wildman–Crippen LogP) is 1.60. The van der Waals surface area contributed by atoms with Gasteiger partial charge in [0.05, 0.1) is 12.1 Å². The van der Waals surface area contributed by atoms with Crippen molar-refractivity contribution in [3.05, 3.63) is 36.2 Å². The van der Waals surface area contributed by atoms with Crippen molar-refractivity contribution < 1.29 is 0 Å². The fraction of sp³-hybridized carbons (Fsp3) is 0.400. The van der Waals surface area contributed by atoms with Gasteiger partial charge >= 0.3 is 0 Å². The van der Waals surface area contributed by atoms with Crippen LogP contribution in [0.15, 0.2) is 24.8 Å². The van der Waals surface area contributed by atoms with E-state index in [1.54, 1.807) is 6.20 Å². The molecule has 0 aliphatic heterocycles. The van der Waals surface area contributed by atoms with E-state index in [0.717, 1.165) is 24.4 Å². The van der Waals surface area contributed by atoms with Crippen molar-refractivity contribution in [3.63, 3.8) is 0 Å². The third kappa shape index (κ3) is 2.39. The first-order valence-electron chi connectivity index (χ1n) is 4.83. The molecule has 2 heterocycles. The molecule has 0 aliphatic carbocycles. The quantitative estimate of drug-likeness (QED) is 0.740. The zero-order valence-electron chi connectivity index (χ0n) is 8.60. The minimum atomic E-state index is 0.516. The SMILES string of the molecule is Cn1ccnc1CCn1cc(CCl)cn1. The number of imidazole rings is 1. The number of hydrogen-bond acceptors (Lipinski definition) is 2. The Morgan fingerprint density at radius 2 is 2.33 bits per heavy atom. The first kappa shape index (κ1) is 10.2. The first-order chi connectivity index (χ1) is 7.29. The van der Waals surface area contributed by atoms with Gasteiger partial charge in [0.15, 0.2) is 0 Å². The van der Waals surface area contributed by atoms with Crippen molar-refractivity contribution in [1.82, 2.24) is 19.3 Å². The summed E-state index contributed by atoms with van der Waals surface area (Å²) >= 11 is 5.70. The average Bonchev–Trinajstić information content (AvgIpc) is 2.84. The Morgan fingerprint density at radius 1 is 1.47 bits per heavy atom. The molecule has 0 spiro atoms. The second kappa shape index (κ2) is 4.49. The van der Waals surface area contributed by atoms with Gasteiger partial charge in [0.1, 0.15) is 5.82 Å². The van der Waals surface area contributed by atoms with E-state index < -0.39 is 0 Å². The minimum absolute atomic E-state index is 0.516. The monoisotopic (exact) mass is 224 g/mol. The summed E-state index contributed by atoms with van der Waals surface area (Å²) in [6.45, 7) is 0.835. The van der Waals surface area contributed by atoms with Crippen LogP contribution in [0.3, 0.4) is 0 Å². The molecule has 0 aromatic carbocycles. The molecule has 2 aromatic heterocycles. The maximum atomic E-state index is 5.70. The molecule has 5 heteroatoms. The molecular formula is C10H13ClN4. The molecule has 80 valence electrons. The lowest BCUT2D eigenvalue weighted by atomic mass is 10.4. The zero-order valence-corrected chi connectivity index (χ0v) is 9.35. The molecule has 2 aromatic rings. The van der Waals surface area contributed by atoms with Crippen LogP contribution in [0.4, 0.5) is 0 Å². The van der Waals surface area contributed by atoms with Crippen molar-refractivity contribution >= 4 is 11.6 Å². The van der Waals surface area contributed by atoms with E-state index in [-0.39, 0.29) is 0 Å². The zero-order chi connectivity index (χ0) is 10.7. The van der Waals surface area contributed by atoms with Crippen molar-refractivity contribution in [3.8, 4) is 0 Å². The highest BCUT2D eigenvalue weighted by Gasteiger charge is 2.01. The van der Waals surface area contributed by atoms with Crippen LogP contribution in [0.1, 0.15) is 11.4 Å². The van der Waals surface area contributed by atoms with Crippen molar-refractivity contribution in [2.24, 2.45) is 7.05 Å². The number of nitrogens with zero attached hydrogens (tertiary/aromatic N) is 4. The summed E-state index contributed by atoms with van der Waals surface area (Å²) in [5, 5.41) is 4.21. The third-order valence-electron chi connectivity index (χ3n) is 2.33. The lowest BCUT2D eigenvalue weighted by Crippen LogP contribution is -2.05. The summed E-state index contributed by atoms with van der Waals surface area (Å²) in [5.74, 6) is 1.58. The van der Waals surface area contributed by atoms with Crippen molar-refractivity contribution in [1.29, 1.82) is 0 Å². The molecule has 0 unspecified atom stereocenters. The van der Waals surface area contributed by atoms with Crippen LogP contribution in [0.2, 0.25) is 0 Å². The van der Waals surface area contributed by atoms with Crippen LogP contribution in [0.5, 0.6) is 0 Å². The van der Waals surface area contributed by atoms with Crippen molar-refractivity contribution in [2.75, 3.05) is 0 Å². The Hall–Kier alpha value is -1.29. The Balaban J connectivity index is 1.96. The standard InChI is InChI=1S/C10H13ClN4/c1-14-5-3-12-10(14)2-4-15-8-9(6-11)7-13-15/h3,5,7-8H,2,4,6H2,1H3. The highest BCUT2D eigenvalue weighted by atomic mass is 35.5. The maximum Gasteiger partial charge on any atom is 0.110 e. The van der Waals surface area contributed by atoms with Crippen LogP contribution in [0.25, 0.3) is 0 Å². The van der Waals surface area contributed by atoms with Gasteiger partial charge in [-0.3, -0.25) is 4.68 Å². The fourth-order valence-electron chi connectivity index (χ4n) is 1.45. The second-order valence-corrected chi connectivity index (χ2v) is 3.72. The van der Waals surface area contributed by atoms with E-state index in [4.69, 9.17) is 11.6 Å². The van der Waals surface area contributed by atoms with Gasteiger partial charge < -0.3 is 4.57 Å². The highest BCUT2D eigenvalue weighted by molar-refractivity contribution is 6.17. The molecular weight excluding hydrogens is 212 g/mol. The second-order valence-electron chi connectivity index (χ2n) is 3.45. The largest absolute Gasteiger partial charge is 0.338 e. The van der Waals surface area contributed by atoms with Gasteiger partial charge in [0.25, 0.3) is 0 Å². The van der Waals surface area contributed by atoms with E-state index in [9.17, 15) is 0 Å². The number of halogens is 1. The minimum Gasteiger partial charge on any atom is -0.338 e. The summed E-state index contributed by atoms with van der Waals surface area (Å²) in [5.41, 5.74) is 1.05. The first-order valence-corrected chi connectivity index (χ1v) is 5.36. The molecule has 0 N–H and O–H groups in total. The van der Waals surface area contributed by atoms with Crippen LogP contribution >= 0.6 is 11.6 Å². The number of aryl methyl sites for hydroxylation is 3. The van der Waals surface area contributed by atoms with Gasteiger partial charge in [-0.05, 0) is 0 Å². The molecule has 0 fully saturated rings. The van der Waals surface area contributed by atoms with Crippen LogP contribution in [0, 0.1) is 0 Å². The van der Waals surface area contributed by atoms with Crippen LogP contribution < -0.4 is 0 Å².